The van der Waals surface area contributed by atoms with Gasteiger partial charge in [-0.05, 0) is 61.5 Å². The van der Waals surface area contributed by atoms with E-state index in [-0.39, 0.29) is 0 Å². The summed E-state index contributed by atoms with van der Waals surface area (Å²) in [5, 5.41) is 0. The number of rotatable bonds is 26. The Labute approximate surface area is 243 Å². The van der Waals surface area contributed by atoms with Gasteiger partial charge in [0.2, 0.25) is 0 Å². The third kappa shape index (κ3) is 17.0. The minimum atomic E-state index is 0.690. The van der Waals surface area contributed by atoms with Gasteiger partial charge in [-0.1, -0.05) is 164 Å². The average molecular weight is 535 g/mol. The van der Waals surface area contributed by atoms with Gasteiger partial charge in [-0.3, -0.25) is 0 Å². The van der Waals surface area contributed by atoms with Crippen LogP contribution in [0.3, 0.4) is 0 Å². The highest BCUT2D eigenvalue weighted by atomic mass is 16.5. The van der Waals surface area contributed by atoms with Gasteiger partial charge >= 0.3 is 0 Å². The highest BCUT2D eigenvalue weighted by molar-refractivity contribution is 5.20. The third-order valence-electron chi connectivity index (χ3n) is 8.54. The monoisotopic (exact) mass is 534 g/mol. The summed E-state index contributed by atoms with van der Waals surface area (Å²) in [5.41, 5.74) is 3.05. The molecular formula is C38H62O. The quantitative estimate of drug-likeness (QED) is 0.109. The first-order valence-electron chi connectivity index (χ1n) is 17.0. The summed E-state index contributed by atoms with van der Waals surface area (Å²) in [6.07, 6.45) is 27.0. The molecule has 0 aliphatic rings. The van der Waals surface area contributed by atoms with Crippen LogP contribution in [0.5, 0.6) is 0 Å². The van der Waals surface area contributed by atoms with Gasteiger partial charge in [0.05, 0.1) is 0 Å². The molecule has 0 heterocycles. The van der Waals surface area contributed by atoms with Crippen molar-refractivity contribution in [2.24, 2.45) is 0 Å². The van der Waals surface area contributed by atoms with Crippen LogP contribution in [0.15, 0.2) is 60.7 Å². The second kappa shape index (κ2) is 24.2. The van der Waals surface area contributed by atoms with Gasteiger partial charge in [-0.25, -0.2) is 0 Å². The predicted molar refractivity (Wildman–Crippen MR) is 173 cm³/mol. The molecule has 0 radical (unpaired) electrons. The van der Waals surface area contributed by atoms with E-state index in [1.807, 2.05) is 0 Å². The largest absolute Gasteiger partial charge is 0.381 e. The topological polar surface area (TPSA) is 9.23 Å². The molecule has 0 bridgehead atoms. The Morgan fingerprint density at radius 3 is 1.13 bits per heavy atom. The molecule has 0 aliphatic carbocycles. The van der Waals surface area contributed by atoms with E-state index in [1.165, 1.54) is 140 Å². The van der Waals surface area contributed by atoms with Crippen molar-refractivity contribution < 1.29 is 4.74 Å². The minimum Gasteiger partial charge on any atom is -0.381 e. The van der Waals surface area contributed by atoms with Crippen LogP contribution in [0.4, 0.5) is 0 Å². The van der Waals surface area contributed by atoms with Gasteiger partial charge in [0.1, 0.15) is 0 Å². The zero-order chi connectivity index (χ0) is 27.6. The summed E-state index contributed by atoms with van der Waals surface area (Å²) in [4.78, 5) is 0. The third-order valence-corrected chi connectivity index (χ3v) is 8.54. The Morgan fingerprint density at radius 2 is 0.744 bits per heavy atom. The minimum absolute atomic E-state index is 0.690. The lowest BCUT2D eigenvalue weighted by molar-refractivity contribution is 0.123. The predicted octanol–water partition coefficient (Wildman–Crippen LogP) is 12.4. The Bertz CT molecular complexity index is 689. The van der Waals surface area contributed by atoms with Crippen LogP contribution in [0.2, 0.25) is 0 Å². The molecule has 2 aromatic carbocycles. The molecule has 0 spiro atoms. The first-order valence-corrected chi connectivity index (χ1v) is 17.0. The molecule has 1 nitrogen and oxygen atoms in total. The van der Waals surface area contributed by atoms with E-state index in [9.17, 15) is 0 Å². The molecule has 2 aromatic rings. The number of unbranched alkanes of at least 4 members (excludes halogenated alkanes) is 12. The first-order chi connectivity index (χ1) is 19.3. The maximum absolute atomic E-state index is 6.17. The molecule has 0 fully saturated rings. The van der Waals surface area contributed by atoms with Crippen LogP contribution < -0.4 is 0 Å². The van der Waals surface area contributed by atoms with Gasteiger partial charge in [0.15, 0.2) is 0 Å². The molecule has 0 amide bonds. The van der Waals surface area contributed by atoms with Gasteiger partial charge in [0, 0.05) is 13.2 Å². The normalized spacial score (nSPS) is 13.0. The fourth-order valence-corrected chi connectivity index (χ4v) is 6.07. The molecule has 39 heavy (non-hydrogen) atoms. The molecule has 1 heteroatoms. The maximum atomic E-state index is 6.17. The van der Waals surface area contributed by atoms with Crippen molar-refractivity contribution in [3.8, 4) is 0 Å². The van der Waals surface area contributed by atoms with Crippen LogP contribution in [0.25, 0.3) is 0 Å². The van der Waals surface area contributed by atoms with Crippen LogP contribution in [-0.4, -0.2) is 13.2 Å². The molecule has 0 aromatic heterocycles. The molecular weight excluding hydrogens is 472 g/mol. The molecule has 2 rings (SSSR count). The van der Waals surface area contributed by atoms with E-state index in [1.54, 1.807) is 0 Å². The Kier molecular flexibility index (Phi) is 20.9. The standard InChI is InChI=1S/C38H62O/c1-3-5-7-9-11-13-17-25-37(35-27-19-15-20-28-35)31-23-33-39-34-24-32-38(36-29-21-16-22-30-36)26-18-14-12-10-8-6-4-2/h15-16,19-22,27-30,37-38H,3-14,17-18,23-26,31-34H2,1-2H3. The van der Waals surface area contributed by atoms with Gasteiger partial charge in [0.25, 0.3) is 0 Å². The molecule has 0 saturated carbocycles. The SMILES string of the molecule is CCCCCCCCCC(CCCOCCCC(CCCCCCCCC)c1ccccc1)c1ccccc1. The van der Waals surface area contributed by atoms with Gasteiger partial charge in [-0.2, -0.15) is 0 Å². The van der Waals surface area contributed by atoms with E-state index >= 15 is 0 Å². The molecule has 220 valence electrons. The molecule has 0 saturated heterocycles. The Morgan fingerprint density at radius 1 is 0.410 bits per heavy atom. The van der Waals surface area contributed by atoms with Crippen LogP contribution in [0, 0.1) is 0 Å². The van der Waals surface area contributed by atoms with Crippen molar-refractivity contribution in [2.45, 2.75) is 154 Å². The van der Waals surface area contributed by atoms with Crippen molar-refractivity contribution >= 4 is 0 Å². The van der Waals surface area contributed by atoms with Gasteiger partial charge < -0.3 is 4.74 Å². The molecule has 2 atom stereocenters. The van der Waals surface area contributed by atoms with Crippen molar-refractivity contribution in [1.29, 1.82) is 0 Å². The lowest BCUT2D eigenvalue weighted by Crippen LogP contribution is -2.05. The smallest absolute Gasteiger partial charge is 0.0466 e. The zero-order valence-corrected chi connectivity index (χ0v) is 25.9. The van der Waals surface area contributed by atoms with Crippen molar-refractivity contribution in [2.75, 3.05) is 13.2 Å². The number of benzene rings is 2. The Hall–Kier alpha value is -1.60. The highest BCUT2D eigenvalue weighted by Crippen LogP contribution is 2.29. The maximum Gasteiger partial charge on any atom is 0.0466 e. The van der Waals surface area contributed by atoms with E-state index in [2.05, 4.69) is 74.5 Å². The average Bonchev–Trinajstić information content (AvgIpc) is 2.98. The molecule has 2 unspecified atom stereocenters. The second-order valence-corrected chi connectivity index (χ2v) is 11.9. The van der Waals surface area contributed by atoms with Crippen LogP contribution in [0.1, 0.15) is 165 Å². The van der Waals surface area contributed by atoms with Crippen LogP contribution in [-0.2, 0) is 4.74 Å². The van der Waals surface area contributed by atoms with Crippen molar-refractivity contribution in [1.82, 2.24) is 0 Å². The summed E-state index contributed by atoms with van der Waals surface area (Å²) < 4.78 is 6.17. The second-order valence-electron chi connectivity index (χ2n) is 11.9. The van der Waals surface area contributed by atoms with E-state index in [4.69, 9.17) is 4.74 Å². The Balaban J connectivity index is 1.64. The molecule has 0 aliphatic heterocycles. The van der Waals surface area contributed by atoms with Crippen LogP contribution >= 0.6 is 0 Å². The van der Waals surface area contributed by atoms with Gasteiger partial charge in [-0.15, -0.1) is 0 Å². The van der Waals surface area contributed by atoms with Crippen molar-refractivity contribution in [3.05, 3.63) is 71.8 Å². The zero-order valence-electron chi connectivity index (χ0n) is 25.9. The number of ether oxygens (including phenoxy) is 1. The van der Waals surface area contributed by atoms with Crippen molar-refractivity contribution in [3.63, 3.8) is 0 Å². The number of hydrogen-bond acceptors (Lipinski definition) is 1. The summed E-state index contributed by atoms with van der Waals surface area (Å²) >= 11 is 0. The summed E-state index contributed by atoms with van der Waals surface area (Å²) in [5.74, 6) is 1.38. The first kappa shape index (κ1) is 33.6. The summed E-state index contributed by atoms with van der Waals surface area (Å²) in [6.45, 7) is 6.42. The van der Waals surface area contributed by atoms with E-state index < -0.39 is 0 Å². The summed E-state index contributed by atoms with van der Waals surface area (Å²) in [7, 11) is 0. The fraction of sp³-hybridized carbons (Fsp3) is 0.684. The van der Waals surface area contributed by atoms with E-state index in [0.29, 0.717) is 11.8 Å². The lowest BCUT2D eigenvalue weighted by Gasteiger charge is -2.19. The highest BCUT2D eigenvalue weighted by Gasteiger charge is 2.13. The summed E-state index contributed by atoms with van der Waals surface area (Å²) in [6, 6.07) is 22.5. The lowest BCUT2D eigenvalue weighted by atomic mass is 9.89. The number of hydrogen-bond donors (Lipinski definition) is 0. The molecule has 0 N–H and O–H groups in total. The van der Waals surface area contributed by atoms with E-state index in [0.717, 1.165) is 13.2 Å². The fourth-order valence-electron chi connectivity index (χ4n) is 6.07.